The Morgan fingerprint density at radius 2 is 1.56 bits per heavy atom. The van der Waals surface area contributed by atoms with Crippen LogP contribution in [-0.2, 0) is 14.3 Å². The number of fused-ring (bicyclic) bond motifs is 4. The zero-order valence-electron chi connectivity index (χ0n) is 18.9. The molecular formula is C27H28N2O5. The van der Waals surface area contributed by atoms with Crippen LogP contribution in [0.5, 0.6) is 0 Å². The van der Waals surface area contributed by atoms with Crippen LogP contribution in [-0.4, -0.2) is 54.2 Å². The first kappa shape index (κ1) is 21.2. The second kappa shape index (κ2) is 7.86. The fourth-order valence-corrected chi connectivity index (χ4v) is 6.35. The van der Waals surface area contributed by atoms with Crippen LogP contribution in [0, 0.1) is 23.2 Å². The molecule has 2 aromatic rings. The van der Waals surface area contributed by atoms with Gasteiger partial charge in [0.2, 0.25) is 5.91 Å². The number of hydrogen-bond donors (Lipinski definition) is 2. The highest BCUT2D eigenvalue weighted by atomic mass is 16.5. The van der Waals surface area contributed by atoms with Gasteiger partial charge in [-0.1, -0.05) is 55.0 Å². The summed E-state index contributed by atoms with van der Waals surface area (Å²) in [6.45, 7) is 1.55. The van der Waals surface area contributed by atoms with E-state index in [0.717, 1.165) is 30.4 Å². The number of nitrogens with zero attached hydrogens (tertiary/aromatic N) is 1. The zero-order valence-corrected chi connectivity index (χ0v) is 18.9. The number of hydrogen-bond acceptors (Lipinski definition) is 4. The van der Waals surface area contributed by atoms with Crippen LogP contribution in [0.3, 0.4) is 0 Å². The molecule has 2 N–H and O–H groups in total. The molecule has 3 fully saturated rings. The lowest BCUT2D eigenvalue weighted by atomic mass is 9.67. The lowest BCUT2D eigenvalue weighted by Crippen LogP contribution is -2.53. The summed E-state index contributed by atoms with van der Waals surface area (Å²) in [6, 6.07) is 16.4. The van der Waals surface area contributed by atoms with Crippen LogP contribution in [0.15, 0.2) is 48.5 Å². The molecule has 1 heterocycles. The van der Waals surface area contributed by atoms with Crippen LogP contribution in [0.4, 0.5) is 4.79 Å². The predicted molar refractivity (Wildman–Crippen MR) is 124 cm³/mol. The maximum absolute atomic E-state index is 13.2. The van der Waals surface area contributed by atoms with E-state index in [9.17, 15) is 19.5 Å². The molecule has 0 bridgehead atoms. The molecule has 2 aromatic carbocycles. The summed E-state index contributed by atoms with van der Waals surface area (Å²) in [6.07, 6.45) is 1.93. The highest BCUT2D eigenvalue weighted by Gasteiger charge is 2.62. The van der Waals surface area contributed by atoms with Gasteiger partial charge in [-0.15, -0.1) is 0 Å². The van der Waals surface area contributed by atoms with Gasteiger partial charge in [-0.05, 0) is 46.9 Å². The van der Waals surface area contributed by atoms with Gasteiger partial charge in [-0.2, -0.15) is 0 Å². The Hall–Kier alpha value is -3.35. The van der Waals surface area contributed by atoms with Gasteiger partial charge >= 0.3 is 12.1 Å². The molecule has 2 amide bonds. The van der Waals surface area contributed by atoms with Crippen LogP contribution in [0.2, 0.25) is 0 Å². The lowest BCUT2D eigenvalue weighted by Gasteiger charge is -2.43. The van der Waals surface area contributed by atoms with Gasteiger partial charge in [0, 0.05) is 25.6 Å². The number of alkyl carbamates (subject to hydrolysis) is 1. The summed E-state index contributed by atoms with van der Waals surface area (Å²) in [4.78, 5) is 38.9. The predicted octanol–water partition coefficient (Wildman–Crippen LogP) is 3.48. The lowest BCUT2D eigenvalue weighted by molar-refractivity contribution is -0.148. The average molecular weight is 461 g/mol. The van der Waals surface area contributed by atoms with Crippen LogP contribution < -0.4 is 5.32 Å². The first-order valence-corrected chi connectivity index (χ1v) is 12.1. The van der Waals surface area contributed by atoms with E-state index in [1.54, 1.807) is 0 Å². The first-order valence-electron chi connectivity index (χ1n) is 12.1. The number of aliphatic carboxylic acids is 1. The largest absolute Gasteiger partial charge is 0.481 e. The number of amides is 2. The number of likely N-dealkylation sites (tertiary alicyclic amines) is 1. The number of carboxylic acids is 1. The molecule has 7 heteroatoms. The summed E-state index contributed by atoms with van der Waals surface area (Å²) in [5, 5.41) is 12.1. The fourth-order valence-electron chi connectivity index (χ4n) is 6.35. The minimum Gasteiger partial charge on any atom is -0.481 e. The molecular weight excluding hydrogens is 432 g/mol. The maximum atomic E-state index is 13.2. The molecule has 0 spiro atoms. The van der Waals surface area contributed by atoms with E-state index in [1.165, 1.54) is 11.1 Å². The second-order valence-corrected chi connectivity index (χ2v) is 10.2. The van der Waals surface area contributed by atoms with Gasteiger partial charge in [-0.3, -0.25) is 9.59 Å². The topological polar surface area (TPSA) is 95.9 Å². The van der Waals surface area contributed by atoms with E-state index < -0.39 is 17.5 Å². The van der Waals surface area contributed by atoms with Crippen LogP contribution in [0.25, 0.3) is 11.1 Å². The molecule has 34 heavy (non-hydrogen) atoms. The third-order valence-corrected chi connectivity index (χ3v) is 8.45. The quantitative estimate of drug-likeness (QED) is 0.688. The van der Waals surface area contributed by atoms with Crippen molar-refractivity contribution in [3.8, 4) is 11.1 Å². The molecule has 3 aliphatic carbocycles. The zero-order chi connectivity index (χ0) is 23.4. The Labute approximate surface area is 198 Å². The van der Waals surface area contributed by atoms with E-state index in [0.29, 0.717) is 13.1 Å². The number of ether oxygens (including phenoxy) is 1. The van der Waals surface area contributed by atoms with Crippen LogP contribution in [0.1, 0.15) is 36.3 Å². The van der Waals surface area contributed by atoms with E-state index in [-0.39, 0.29) is 42.7 Å². The van der Waals surface area contributed by atoms with Crippen molar-refractivity contribution in [3.63, 3.8) is 0 Å². The number of benzene rings is 2. The van der Waals surface area contributed by atoms with E-state index >= 15 is 0 Å². The minimum atomic E-state index is -0.752. The number of carboxylic acid groups (broad SMARTS) is 1. The Bertz CT molecular complexity index is 1120. The molecule has 2 saturated carbocycles. The van der Waals surface area contributed by atoms with Crippen molar-refractivity contribution in [2.45, 2.75) is 25.2 Å². The highest BCUT2D eigenvalue weighted by Crippen LogP contribution is 2.53. The number of carbonyl (C=O) groups is 3. The first-order chi connectivity index (χ1) is 16.5. The molecule has 1 aliphatic heterocycles. The Morgan fingerprint density at radius 1 is 0.971 bits per heavy atom. The highest BCUT2D eigenvalue weighted by molar-refractivity contribution is 5.86. The molecule has 176 valence electrons. The molecule has 0 aromatic heterocycles. The summed E-state index contributed by atoms with van der Waals surface area (Å²) >= 11 is 0. The van der Waals surface area contributed by atoms with E-state index in [1.807, 2.05) is 29.2 Å². The Morgan fingerprint density at radius 3 is 2.09 bits per heavy atom. The molecule has 0 radical (unpaired) electrons. The SMILES string of the molecule is O=C(NCC1(C(=O)N2CC3C(C2)C3C(=O)O)CCC1)OCC1c2ccccc2-c2ccccc21. The van der Waals surface area contributed by atoms with Gasteiger partial charge in [0.15, 0.2) is 0 Å². The van der Waals surface area contributed by atoms with Crippen molar-refractivity contribution >= 4 is 18.0 Å². The van der Waals surface area contributed by atoms with Crippen molar-refractivity contribution < 1.29 is 24.2 Å². The number of nitrogens with one attached hydrogen (secondary N) is 1. The van der Waals surface area contributed by atoms with E-state index in [2.05, 4.69) is 29.6 Å². The van der Waals surface area contributed by atoms with Crippen molar-refractivity contribution in [1.29, 1.82) is 0 Å². The smallest absolute Gasteiger partial charge is 0.407 e. The van der Waals surface area contributed by atoms with Gasteiger partial charge in [0.05, 0.1) is 11.3 Å². The summed E-state index contributed by atoms with van der Waals surface area (Å²) in [5.74, 6) is -0.815. The van der Waals surface area contributed by atoms with Gasteiger partial charge in [-0.25, -0.2) is 4.79 Å². The van der Waals surface area contributed by atoms with Gasteiger partial charge in [0.25, 0.3) is 0 Å². The molecule has 4 aliphatic rings. The number of rotatable bonds is 6. The van der Waals surface area contributed by atoms with Gasteiger partial charge < -0.3 is 20.1 Å². The van der Waals surface area contributed by atoms with E-state index in [4.69, 9.17) is 4.74 Å². The average Bonchev–Trinajstić information content (AvgIpc) is 3.17. The minimum absolute atomic E-state index is 0.00375. The summed E-state index contributed by atoms with van der Waals surface area (Å²) in [5.41, 5.74) is 4.10. The summed E-state index contributed by atoms with van der Waals surface area (Å²) < 4.78 is 5.63. The Balaban J connectivity index is 1.06. The monoisotopic (exact) mass is 460 g/mol. The fraction of sp³-hybridized carbons (Fsp3) is 0.444. The summed E-state index contributed by atoms with van der Waals surface area (Å²) in [7, 11) is 0. The van der Waals surface area contributed by atoms with Crippen molar-refractivity contribution in [3.05, 3.63) is 59.7 Å². The third-order valence-electron chi connectivity index (χ3n) is 8.45. The van der Waals surface area contributed by atoms with Gasteiger partial charge in [0.1, 0.15) is 6.61 Å². The molecule has 2 atom stereocenters. The normalized spacial score (nSPS) is 25.5. The molecule has 1 saturated heterocycles. The third kappa shape index (κ3) is 3.29. The Kier molecular flexibility index (Phi) is 4.90. The number of piperidine rings is 1. The second-order valence-electron chi connectivity index (χ2n) is 10.2. The van der Waals surface area contributed by atoms with Crippen LogP contribution >= 0.6 is 0 Å². The van der Waals surface area contributed by atoms with Crippen molar-refractivity contribution in [1.82, 2.24) is 10.2 Å². The molecule has 2 unspecified atom stereocenters. The molecule has 7 nitrogen and oxygen atoms in total. The number of carbonyl (C=O) groups excluding carboxylic acids is 2. The van der Waals surface area contributed by atoms with Crippen molar-refractivity contribution in [2.24, 2.45) is 23.2 Å². The maximum Gasteiger partial charge on any atom is 0.407 e. The standard InChI is InChI=1S/C27H28N2O5/c30-24(31)23-20-12-29(13-21(20)23)25(32)27(10-5-11-27)15-28-26(33)34-14-22-18-8-3-1-6-16(18)17-7-2-4-9-19(17)22/h1-4,6-9,20-23H,5,10-15H2,(H,28,33)(H,30,31). The van der Waals surface area contributed by atoms with Crippen molar-refractivity contribution in [2.75, 3.05) is 26.2 Å². The molecule has 6 rings (SSSR count).